The van der Waals surface area contributed by atoms with Gasteiger partial charge in [-0.1, -0.05) is 18.2 Å². The van der Waals surface area contributed by atoms with E-state index in [1.165, 1.54) is 30.5 Å². The lowest BCUT2D eigenvalue weighted by molar-refractivity contribution is -0.00761. The highest BCUT2D eigenvalue weighted by Crippen LogP contribution is 2.37. The normalized spacial score (nSPS) is 30.7. The predicted molar refractivity (Wildman–Crippen MR) is 83.2 cm³/mol. The molecule has 3 heteroatoms. The Labute approximate surface area is 122 Å². The topological polar surface area (TPSA) is 38.5 Å². The second-order valence-electron chi connectivity index (χ2n) is 6.30. The van der Waals surface area contributed by atoms with E-state index in [0.29, 0.717) is 6.10 Å². The number of nitrogens with two attached hydrogens (primary N) is 1. The molecule has 2 unspecified atom stereocenters. The van der Waals surface area contributed by atoms with Gasteiger partial charge in [0.2, 0.25) is 0 Å². The maximum Gasteiger partial charge on any atom is 0.0570 e. The highest BCUT2D eigenvalue weighted by atomic mass is 16.5. The maximum absolute atomic E-state index is 6.24. The molecule has 0 saturated carbocycles. The van der Waals surface area contributed by atoms with E-state index in [4.69, 9.17) is 10.5 Å². The zero-order valence-corrected chi connectivity index (χ0v) is 12.5. The van der Waals surface area contributed by atoms with Gasteiger partial charge in [0.1, 0.15) is 0 Å². The number of ether oxygens (including phenoxy) is 1. The van der Waals surface area contributed by atoms with E-state index in [1.807, 2.05) is 0 Å². The van der Waals surface area contributed by atoms with Crippen LogP contribution < -0.4 is 10.6 Å². The summed E-state index contributed by atoms with van der Waals surface area (Å²) in [5.41, 5.74) is 9.21. The molecule has 3 nitrogen and oxygen atoms in total. The number of fused-ring (bicyclic) bond motifs is 1. The van der Waals surface area contributed by atoms with Crippen LogP contribution in [0.15, 0.2) is 24.3 Å². The van der Waals surface area contributed by atoms with Gasteiger partial charge in [-0.2, -0.15) is 0 Å². The minimum absolute atomic E-state index is 0.0815. The number of benzene rings is 1. The van der Waals surface area contributed by atoms with Gasteiger partial charge < -0.3 is 15.4 Å². The van der Waals surface area contributed by atoms with Crippen LogP contribution in [-0.2, 0) is 11.2 Å². The molecule has 2 heterocycles. The lowest BCUT2D eigenvalue weighted by Crippen LogP contribution is -2.59. The standard InChI is InChI=1S/C17H26N2O/c1-14-12-17(13-18,9-11-20-14)19-10-5-4-7-15-6-2-3-8-16(15)19/h2-3,6,8,14H,4-5,7,9-13,18H2,1H3. The quantitative estimate of drug-likeness (QED) is 0.901. The summed E-state index contributed by atoms with van der Waals surface area (Å²) in [6, 6.07) is 8.87. The van der Waals surface area contributed by atoms with Crippen molar-refractivity contribution in [1.29, 1.82) is 0 Å². The lowest BCUT2D eigenvalue weighted by atomic mass is 9.84. The summed E-state index contributed by atoms with van der Waals surface area (Å²) in [5, 5.41) is 0. The maximum atomic E-state index is 6.24. The zero-order valence-electron chi connectivity index (χ0n) is 12.5. The van der Waals surface area contributed by atoms with E-state index >= 15 is 0 Å². The Hall–Kier alpha value is -1.06. The molecule has 0 radical (unpaired) electrons. The first-order valence-electron chi connectivity index (χ1n) is 7.92. The molecule has 0 amide bonds. The fourth-order valence-corrected chi connectivity index (χ4v) is 3.87. The zero-order chi connectivity index (χ0) is 14.0. The van der Waals surface area contributed by atoms with Crippen molar-refractivity contribution in [1.82, 2.24) is 0 Å². The Bertz CT molecular complexity index is 462. The van der Waals surface area contributed by atoms with Gasteiger partial charge in [0.15, 0.2) is 0 Å². The van der Waals surface area contributed by atoms with Crippen LogP contribution in [0, 0.1) is 0 Å². The van der Waals surface area contributed by atoms with Gasteiger partial charge >= 0.3 is 0 Å². The second kappa shape index (κ2) is 5.74. The first kappa shape index (κ1) is 13.9. The Morgan fingerprint density at radius 1 is 1.35 bits per heavy atom. The van der Waals surface area contributed by atoms with Crippen LogP contribution in [0.4, 0.5) is 5.69 Å². The fourth-order valence-electron chi connectivity index (χ4n) is 3.87. The molecule has 0 aromatic heterocycles. The van der Waals surface area contributed by atoms with Crippen molar-refractivity contribution in [2.75, 3.05) is 24.6 Å². The van der Waals surface area contributed by atoms with Gasteiger partial charge in [-0.05, 0) is 50.7 Å². The van der Waals surface area contributed by atoms with Gasteiger partial charge in [0.25, 0.3) is 0 Å². The van der Waals surface area contributed by atoms with Crippen LogP contribution in [0.3, 0.4) is 0 Å². The number of hydrogen-bond acceptors (Lipinski definition) is 3. The highest BCUT2D eigenvalue weighted by Gasteiger charge is 2.40. The molecular weight excluding hydrogens is 248 g/mol. The van der Waals surface area contributed by atoms with Crippen molar-refractivity contribution < 1.29 is 4.74 Å². The predicted octanol–water partition coefficient (Wildman–Crippen LogP) is 2.73. The molecule has 2 aliphatic heterocycles. The summed E-state index contributed by atoms with van der Waals surface area (Å²) in [7, 11) is 0. The molecule has 0 spiro atoms. The second-order valence-corrected chi connectivity index (χ2v) is 6.30. The van der Waals surface area contributed by atoms with Gasteiger partial charge in [-0.15, -0.1) is 0 Å². The first-order chi connectivity index (χ1) is 9.75. The molecule has 1 aromatic carbocycles. The molecule has 0 aliphatic carbocycles. The van der Waals surface area contributed by atoms with Crippen LogP contribution in [0.2, 0.25) is 0 Å². The Balaban J connectivity index is 1.98. The summed E-state index contributed by atoms with van der Waals surface area (Å²) in [6.07, 6.45) is 6.12. The summed E-state index contributed by atoms with van der Waals surface area (Å²) < 4.78 is 5.76. The average Bonchev–Trinajstić information content (AvgIpc) is 2.70. The summed E-state index contributed by atoms with van der Waals surface area (Å²) in [5.74, 6) is 0. The van der Waals surface area contributed by atoms with E-state index in [2.05, 4.69) is 36.1 Å². The Morgan fingerprint density at radius 2 is 2.20 bits per heavy atom. The molecular formula is C17H26N2O. The molecule has 2 N–H and O–H groups in total. The van der Waals surface area contributed by atoms with E-state index in [0.717, 1.165) is 32.5 Å². The van der Waals surface area contributed by atoms with Crippen LogP contribution in [0.25, 0.3) is 0 Å². The van der Waals surface area contributed by atoms with Crippen LogP contribution >= 0.6 is 0 Å². The third-order valence-corrected chi connectivity index (χ3v) is 4.95. The number of aryl methyl sites for hydroxylation is 1. The summed E-state index contributed by atoms with van der Waals surface area (Å²) in [6.45, 7) is 4.85. The third-order valence-electron chi connectivity index (χ3n) is 4.95. The Kier molecular flexibility index (Phi) is 3.99. The lowest BCUT2D eigenvalue weighted by Gasteiger charge is -2.49. The van der Waals surface area contributed by atoms with E-state index in [1.54, 1.807) is 0 Å². The summed E-state index contributed by atoms with van der Waals surface area (Å²) >= 11 is 0. The van der Waals surface area contributed by atoms with Crippen molar-refractivity contribution >= 4 is 5.69 Å². The van der Waals surface area contributed by atoms with Crippen LogP contribution in [0.5, 0.6) is 0 Å². The molecule has 20 heavy (non-hydrogen) atoms. The number of nitrogens with zero attached hydrogens (tertiary/aromatic N) is 1. The van der Waals surface area contributed by atoms with Gasteiger partial charge in [-0.3, -0.25) is 0 Å². The third kappa shape index (κ3) is 2.45. The van der Waals surface area contributed by atoms with Crippen molar-refractivity contribution in [3.8, 4) is 0 Å². The van der Waals surface area contributed by atoms with Crippen molar-refractivity contribution in [2.45, 2.75) is 50.7 Å². The van der Waals surface area contributed by atoms with Crippen molar-refractivity contribution in [3.05, 3.63) is 29.8 Å². The van der Waals surface area contributed by atoms with Gasteiger partial charge in [0, 0.05) is 25.4 Å². The van der Waals surface area contributed by atoms with E-state index < -0.39 is 0 Å². The van der Waals surface area contributed by atoms with Crippen molar-refractivity contribution in [2.24, 2.45) is 5.73 Å². The molecule has 3 rings (SSSR count). The van der Waals surface area contributed by atoms with Crippen LogP contribution in [0.1, 0.15) is 38.2 Å². The molecule has 0 bridgehead atoms. The van der Waals surface area contributed by atoms with Gasteiger partial charge in [0.05, 0.1) is 11.6 Å². The molecule has 2 atom stereocenters. The molecule has 1 aromatic rings. The number of rotatable bonds is 2. The smallest absolute Gasteiger partial charge is 0.0570 e. The molecule has 2 aliphatic rings. The monoisotopic (exact) mass is 274 g/mol. The largest absolute Gasteiger partial charge is 0.378 e. The highest BCUT2D eigenvalue weighted by molar-refractivity contribution is 5.57. The molecule has 1 saturated heterocycles. The van der Waals surface area contributed by atoms with E-state index in [9.17, 15) is 0 Å². The minimum Gasteiger partial charge on any atom is -0.378 e. The van der Waals surface area contributed by atoms with Crippen LogP contribution in [-0.4, -0.2) is 31.3 Å². The number of para-hydroxylation sites is 1. The summed E-state index contributed by atoms with van der Waals surface area (Å²) in [4.78, 5) is 2.61. The van der Waals surface area contributed by atoms with Gasteiger partial charge in [-0.25, -0.2) is 0 Å². The number of anilines is 1. The SMILES string of the molecule is CC1CC(CN)(N2CCCCc3ccccc32)CCO1. The number of hydrogen-bond donors (Lipinski definition) is 1. The molecule has 1 fully saturated rings. The van der Waals surface area contributed by atoms with Crippen molar-refractivity contribution in [3.63, 3.8) is 0 Å². The molecule has 110 valence electrons. The Morgan fingerprint density at radius 3 is 3.00 bits per heavy atom. The fraction of sp³-hybridized carbons (Fsp3) is 0.647. The van der Waals surface area contributed by atoms with E-state index in [-0.39, 0.29) is 5.54 Å². The average molecular weight is 274 g/mol. The first-order valence-corrected chi connectivity index (χ1v) is 7.92. The minimum atomic E-state index is 0.0815.